The van der Waals surface area contributed by atoms with Gasteiger partial charge in [-0.1, -0.05) is 71.2 Å². The molecule has 0 radical (unpaired) electrons. The van der Waals surface area contributed by atoms with Crippen molar-refractivity contribution in [1.29, 1.82) is 0 Å². The minimum atomic E-state index is 0.160. The van der Waals surface area contributed by atoms with Crippen molar-refractivity contribution in [3.05, 3.63) is 65.2 Å². The molecule has 178 valence electrons. The van der Waals surface area contributed by atoms with Crippen LogP contribution in [-0.2, 0) is 11.4 Å². The molecule has 33 heavy (non-hydrogen) atoms. The summed E-state index contributed by atoms with van der Waals surface area (Å²) in [6, 6.07) is 16.2. The van der Waals surface area contributed by atoms with Crippen LogP contribution in [0.15, 0.2) is 54.1 Å². The molecule has 1 fully saturated rings. The Bertz CT molecular complexity index is 893. The molecule has 0 bridgehead atoms. The standard InChI is InChI=1S/C30H40O3/c1-5-6-7-8-19-32-26-16-12-25(13-17-26)21-33-27-14-10-24(11-15-27)20-29-23(4)9-18-28(22(2)3)30(29)31/h10-17,20,22-23,28H,5-9,18-19,21H2,1-4H3/b29-20-. The highest BCUT2D eigenvalue weighted by atomic mass is 16.5. The molecule has 1 saturated carbocycles. The molecule has 1 aliphatic carbocycles. The largest absolute Gasteiger partial charge is 0.494 e. The van der Waals surface area contributed by atoms with Gasteiger partial charge in [-0.2, -0.15) is 0 Å². The van der Waals surface area contributed by atoms with Crippen molar-refractivity contribution in [2.45, 2.75) is 72.8 Å². The first-order chi connectivity index (χ1) is 16.0. The average molecular weight is 449 g/mol. The van der Waals surface area contributed by atoms with Gasteiger partial charge in [0.1, 0.15) is 18.1 Å². The van der Waals surface area contributed by atoms with Crippen molar-refractivity contribution >= 4 is 11.9 Å². The molecule has 0 aromatic heterocycles. The predicted octanol–water partition coefficient (Wildman–Crippen LogP) is 7.88. The fourth-order valence-electron chi connectivity index (χ4n) is 4.43. The number of ether oxygens (including phenoxy) is 2. The molecule has 0 aliphatic heterocycles. The molecule has 0 saturated heterocycles. The average Bonchev–Trinajstić information content (AvgIpc) is 2.81. The number of hydrogen-bond acceptors (Lipinski definition) is 3. The maximum Gasteiger partial charge on any atom is 0.162 e. The zero-order valence-electron chi connectivity index (χ0n) is 20.8. The molecule has 2 aromatic rings. The van der Waals surface area contributed by atoms with E-state index >= 15 is 0 Å². The van der Waals surface area contributed by atoms with Crippen LogP contribution in [0.1, 0.15) is 77.3 Å². The van der Waals surface area contributed by atoms with Crippen molar-refractivity contribution in [2.24, 2.45) is 17.8 Å². The molecule has 1 aliphatic rings. The lowest BCUT2D eigenvalue weighted by atomic mass is 9.73. The number of Topliss-reactive ketones (excluding diaryl/α,β-unsaturated/α-hetero) is 1. The molecular weight excluding hydrogens is 408 g/mol. The third-order valence-electron chi connectivity index (χ3n) is 6.67. The zero-order chi connectivity index (χ0) is 23.6. The van der Waals surface area contributed by atoms with Crippen LogP contribution in [0, 0.1) is 17.8 Å². The third kappa shape index (κ3) is 7.48. The van der Waals surface area contributed by atoms with Crippen molar-refractivity contribution in [2.75, 3.05) is 6.61 Å². The number of carbonyl (C=O) groups is 1. The summed E-state index contributed by atoms with van der Waals surface area (Å²) in [5, 5.41) is 0. The van der Waals surface area contributed by atoms with Crippen molar-refractivity contribution in [3.8, 4) is 11.5 Å². The second-order valence-electron chi connectivity index (χ2n) is 9.70. The summed E-state index contributed by atoms with van der Waals surface area (Å²) < 4.78 is 11.8. The van der Waals surface area contributed by atoms with E-state index in [0.29, 0.717) is 24.2 Å². The van der Waals surface area contributed by atoms with E-state index in [0.717, 1.165) is 54.1 Å². The van der Waals surface area contributed by atoms with Crippen LogP contribution in [0.3, 0.4) is 0 Å². The molecule has 3 nitrogen and oxygen atoms in total. The van der Waals surface area contributed by atoms with Gasteiger partial charge >= 0.3 is 0 Å². The number of benzene rings is 2. The lowest BCUT2D eigenvalue weighted by Crippen LogP contribution is -2.30. The highest BCUT2D eigenvalue weighted by Gasteiger charge is 2.32. The smallest absolute Gasteiger partial charge is 0.162 e. The Morgan fingerprint density at radius 2 is 1.58 bits per heavy atom. The van der Waals surface area contributed by atoms with Crippen molar-refractivity contribution in [3.63, 3.8) is 0 Å². The van der Waals surface area contributed by atoms with Crippen LogP contribution in [0.5, 0.6) is 11.5 Å². The first-order valence-corrected chi connectivity index (χ1v) is 12.7. The van der Waals surface area contributed by atoms with E-state index in [1.165, 1.54) is 19.3 Å². The van der Waals surface area contributed by atoms with Gasteiger partial charge in [-0.15, -0.1) is 0 Å². The maximum absolute atomic E-state index is 12.9. The molecule has 3 rings (SSSR count). The van der Waals surface area contributed by atoms with Gasteiger partial charge in [0, 0.05) is 5.92 Å². The summed E-state index contributed by atoms with van der Waals surface area (Å²) in [7, 11) is 0. The normalized spacial score (nSPS) is 19.8. The van der Waals surface area contributed by atoms with Crippen molar-refractivity contribution < 1.29 is 14.3 Å². The molecule has 0 spiro atoms. The third-order valence-corrected chi connectivity index (χ3v) is 6.67. The van der Waals surface area contributed by atoms with Crippen LogP contribution in [-0.4, -0.2) is 12.4 Å². The Labute approximate surface area is 200 Å². The topological polar surface area (TPSA) is 35.5 Å². The number of allylic oxidation sites excluding steroid dienone is 1. The van der Waals surface area contributed by atoms with Crippen molar-refractivity contribution in [1.82, 2.24) is 0 Å². The Morgan fingerprint density at radius 3 is 2.24 bits per heavy atom. The maximum atomic E-state index is 12.9. The first-order valence-electron chi connectivity index (χ1n) is 12.7. The Morgan fingerprint density at radius 1 is 0.909 bits per heavy atom. The fraction of sp³-hybridized carbons (Fsp3) is 0.500. The van der Waals surface area contributed by atoms with Gasteiger partial charge in [0.15, 0.2) is 5.78 Å². The predicted molar refractivity (Wildman–Crippen MR) is 137 cm³/mol. The van der Waals surface area contributed by atoms with Gasteiger partial charge in [-0.25, -0.2) is 0 Å². The van der Waals surface area contributed by atoms with E-state index < -0.39 is 0 Å². The minimum absolute atomic E-state index is 0.160. The quantitative estimate of drug-likeness (QED) is 0.259. The summed E-state index contributed by atoms with van der Waals surface area (Å²) in [5.74, 6) is 2.96. The number of hydrogen-bond donors (Lipinski definition) is 0. The molecule has 0 heterocycles. The lowest BCUT2D eigenvalue weighted by molar-refractivity contribution is -0.122. The SMILES string of the molecule is CCCCCCOc1ccc(COc2ccc(/C=C3\C(=O)C(C(C)C)CCC3C)cc2)cc1. The van der Waals surface area contributed by atoms with E-state index in [1.807, 2.05) is 36.4 Å². The number of rotatable bonds is 11. The van der Waals surface area contributed by atoms with Gasteiger partial charge in [0.05, 0.1) is 6.61 Å². The van der Waals surface area contributed by atoms with Gasteiger partial charge in [-0.3, -0.25) is 4.79 Å². The minimum Gasteiger partial charge on any atom is -0.494 e. The van der Waals surface area contributed by atoms with E-state index in [2.05, 4.69) is 45.9 Å². The highest BCUT2D eigenvalue weighted by Crippen LogP contribution is 2.35. The lowest BCUT2D eigenvalue weighted by Gasteiger charge is -2.30. The number of carbonyl (C=O) groups excluding carboxylic acids is 1. The summed E-state index contributed by atoms with van der Waals surface area (Å²) in [6.07, 6.45) is 9.02. The summed E-state index contributed by atoms with van der Waals surface area (Å²) in [6.45, 7) is 9.98. The summed E-state index contributed by atoms with van der Waals surface area (Å²) in [5.41, 5.74) is 3.14. The molecule has 0 N–H and O–H groups in total. The first kappa shape index (κ1) is 25.1. The molecule has 2 unspecified atom stereocenters. The Hall–Kier alpha value is -2.55. The number of ketones is 1. The van der Waals surface area contributed by atoms with E-state index in [4.69, 9.17) is 9.47 Å². The molecule has 2 atom stereocenters. The Balaban J connectivity index is 1.51. The van der Waals surface area contributed by atoms with Gasteiger partial charge in [0.2, 0.25) is 0 Å². The van der Waals surface area contributed by atoms with E-state index in [9.17, 15) is 4.79 Å². The van der Waals surface area contributed by atoms with E-state index in [1.54, 1.807) is 0 Å². The second kappa shape index (κ2) is 12.6. The number of unbranched alkanes of at least 4 members (excludes halogenated alkanes) is 3. The van der Waals surface area contributed by atoms with Crippen LogP contribution in [0.25, 0.3) is 6.08 Å². The second-order valence-corrected chi connectivity index (χ2v) is 9.70. The van der Waals surface area contributed by atoms with Crippen LogP contribution in [0.2, 0.25) is 0 Å². The molecule has 2 aromatic carbocycles. The highest BCUT2D eigenvalue weighted by molar-refractivity contribution is 6.02. The van der Waals surface area contributed by atoms with Crippen LogP contribution in [0.4, 0.5) is 0 Å². The summed E-state index contributed by atoms with van der Waals surface area (Å²) >= 11 is 0. The fourth-order valence-corrected chi connectivity index (χ4v) is 4.43. The monoisotopic (exact) mass is 448 g/mol. The Kier molecular flexibility index (Phi) is 9.60. The molecular formula is C30H40O3. The van der Waals surface area contributed by atoms with E-state index in [-0.39, 0.29) is 5.92 Å². The van der Waals surface area contributed by atoms with Gasteiger partial charge < -0.3 is 9.47 Å². The van der Waals surface area contributed by atoms with Crippen LogP contribution < -0.4 is 9.47 Å². The van der Waals surface area contributed by atoms with Crippen LogP contribution >= 0.6 is 0 Å². The molecule has 0 amide bonds. The summed E-state index contributed by atoms with van der Waals surface area (Å²) in [4.78, 5) is 12.9. The molecule has 3 heteroatoms. The van der Waals surface area contributed by atoms with Gasteiger partial charge in [-0.05, 0) is 78.1 Å². The van der Waals surface area contributed by atoms with Gasteiger partial charge in [0.25, 0.3) is 0 Å². The zero-order valence-corrected chi connectivity index (χ0v) is 20.8.